The number of nitrogens with one attached hydrogen (secondary N) is 2. The summed E-state index contributed by atoms with van der Waals surface area (Å²) < 4.78 is 5.32. The molecule has 8 heteroatoms. The Bertz CT molecular complexity index is 1010. The molecule has 4 rings (SSSR count). The number of rotatable bonds is 7. The summed E-state index contributed by atoms with van der Waals surface area (Å²) in [4.78, 5) is 26.7. The van der Waals surface area contributed by atoms with Gasteiger partial charge in [-0.2, -0.15) is 0 Å². The zero-order valence-corrected chi connectivity index (χ0v) is 17.1. The maximum Gasteiger partial charge on any atom is 0.152 e. The Morgan fingerprint density at radius 2 is 2.28 bits per heavy atom. The second kappa shape index (κ2) is 8.69. The highest BCUT2D eigenvalue weighted by Crippen LogP contribution is 2.29. The van der Waals surface area contributed by atoms with Crippen molar-refractivity contribution in [1.29, 1.82) is 0 Å². The molecule has 3 aromatic rings. The molecule has 0 radical (unpaired) electrons. The van der Waals surface area contributed by atoms with E-state index in [1.807, 2.05) is 12.3 Å². The van der Waals surface area contributed by atoms with Crippen LogP contribution in [0.1, 0.15) is 19.3 Å². The van der Waals surface area contributed by atoms with Crippen molar-refractivity contribution in [2.75, 3.05) is 37.0 Å². The number of carbonyl (C=O) groups is 1. The number of piperidine rings is 1. The van der Waals surface area contributed by atoms with Gasteiger partial charge in [-0.1, -0.05) is 11.6 Å². The van der Waals surface area contributed by atoms with Gasteiger partial charge < -0.3 is 19.9 Å². The molecular formula is C21H24ClN5O2. The van der Waals surface area contributed by atoms with Crippen LogP contribution in [0, 0.1) is 5.92 Å². The Labute approximate surface area is 174 Å². The third kappa shape index (κ3) is 4.45. The van der Waals surface area contributed by atoms with Gasteiger partial charge in [0.25, 0.3) is 0 Å². The highest BCUT2D eigenvalue weighted by atomic mass is 35.5. The standard InChI is InChI=1S/C21H24ClN5O2/c1-29-19-5-4-15(22)10-18(19)24-11-16(28)9-14-3-2-8-27(12-14)21-17-6-7-23-20(17)25-13-26-21/h4-7,10,13-14,24H,2-3,8-9,11-12H2,1H3,(H,23,25,26)/t14-/m0/s1. The number of aromatic amines is 1. The Morgan fingerprint density at radius 3 is 3.14 bits per heavy atom. The van der Waals surface area contributed by atoms with Gasteiger partial charge in [0.2, 0.25) is 0 Å². The lowest BCUT2D eigenvalue weighted by atomic mass is 9.92. The van der Waals surface area contributed by atoms with Crippen LogP contribution in [0.4, 0.5) is 11.5 Å². The van der Waals surface area contributed by atoms with Crippen molar-refractivity contribution in [2.45, 2.75) is 19.3 Å². The number of ether oxygens (including phenoxy) is 1. The van der Waals surface area contributed by atoms with E-state index in [4.69, 9.17) is 16.3 Å². The smallest absolute Gasteiger partial charge is 0.152 e. The Kier molecular flexibility index (Phi) is 5.85. The molecule has 1 fully saturated rings. The molecule has 29 heavy (non-hydrogen) atoms. The summed E-state index contributed by atoms with van der Waals surface area (Å²) in [6, 6.07) is 7.32. The molecule has 2 aromatic heterocycles. The number of halogens is 1. The summed E-state index contributed by atoms with van der Waals surface area (Å²) in [5.41, 5.74) is 1.57. The normalized spacial score (nSPS) is 16.8. The average molecular weight is 414 g/mol. The lowest BCUT2D eigenvalue weighted by Crippen LogP contribution is -2.37. The van der Waals surface area contributed by atoms with Crippen LogP contribution < -0.4 is 15.0 Å². The van der Waals surface area contributed by atoms with E-state index in [1.165, 1.54) is 0 Å². The molecule has 1 saturated heterocycles. The van der Waals surface area contributed by atoms with E-state index in [0.717, 1.165) is 48.5 Å². The quantitative estimate of drug-likeness (QED) is 0.611. The third-order valence-corrected chi connectivity index (χ3v) is 5.54. The number of ketones is 1. The van der Waals surface area contributed by atoms with E-state index >= 15 is 0 Å². The first-order valence-electron chi connectivity index (χ1n) is 9.76. The lowest BCUT2D eigenvalue weighted by molar-refractivity contribution is -0.118. The second-order valence-electron chi connectivity index (χ2n) is 7.33. The number of anilines is 2. The predicted molar refractivity (Wildman–Crippen MR) is 115 cm³/mol. The number of hydrogen-bond donors (Lipinski definition) is 2. The number of methoxy groups -OCH3 is 1. The molecule has 1 aromatic carbocycles. The molecule has 0 amide bonds. The largest absolute Gasteiger partial charge is 0.495 e. The molecule has 7 nitrogen and oxygen atoms in total. The molecule has 3 heterocycles. The van der Waals surface area contributed by atoms with Crippen LogP contribution in [0.3, 0.4) is 0 Å². The number of carbonyl (C=O) groups excluding carboxylic acids is 1. The molecule has 0 saturated carbocycles. The Hall–Kier alpha value is -2.80. The average Bonchev–Trinajstić information content (AvgIpc) is 3.21. The van der Waals surface area contributed by atoms with Crippen LogP contribution in [0.5, 0.6) is 5.75 Å². The van der Waals surface area contributed by atoms with Crippen LogP contribution in [0.2, 0.25) is 5.02 Å². The molecule has 0 unspecified atom stereocenters. The number of benzene rings is 1. The molecule has 0 bridgehead atoms. The minimum Gasteiger partial charge on any atom is -0.495 e. The Balaban J connectivity index is 1.36. The third-order valence-electron chi connectivity index (χ3n) is 5.31. The van der Waals surface area contributed by atoms with Gasteiger partial charge in [0, 0.05) is 30.7 Å². The monoisotopic (exact) mass is 413 g/mol. The number of hydrogen-bond acceptors (Lipinski definition) is 6. The van der Waals surface area contributed by atoms with E-state index in [-0.39, 0.29) is 12.3 Å². The second-order valence-corrected chi connectivity index (χ2v) is 7.77. The molecule has 152 valence electrons. The highest BCUT2D eigenvalue weighted by molar-refractivity contribution is 6.30. The van der Waals surface area contributed by atoms with E-state index in [9.17, 15) is 4.79 Å². The van der Waals surface area contributed by atoms with Crippen LogP contribution in [0.15, 0.2) is 36.8 Å². The number of H-pyrrole nitrogens is 1. The van der Waals surface area contributed by atoms with Gasteiger partial charge in [0.05, 0.1) is 24.7 Å². The maximum absolute atomic E-state index is 12.6. The van der Waals surface area contributed by atoms with Gasteiger partial charge in [0.15, 0.2) is 5.78 Å². The van der Waals surface area contributed by atoms with Crippen molar-refractivity contribution in [1.82, 2.24) is 15.0 Å². The molecule has 0 spiro atoms. The van der Waals surface area contributed by atoms with Gasteiger partial charge in [0.1, 0.15) is 23.5 Å². The van der Waals surface area contributed by atoms with Crippen molar-refractivity contribution in [3.05, 3.63) is 41.8 Å². The van der Waals surface area contributed by atoms with Crippen LogP contribution in [0.25, 0.3) is 11.0 Å². The minimum absolute atomic E-state index is 0.174. The fourth-order valence-electron chi connectivity index (χ4n) is 3.94. The summed E-state index contributed by atoms with van der Waals surface area (Å²) in [6.07, 6.45) is 6.09. The van der Waals surface area contributed by atoms with Gasteiger partial charge >= 0.3 is 0 Å². The minimum atomic E-state index is 0.174. The first-order chi connectivity index (χ1) is 14.1. The van der Waals surface area contributed by atoms with E-state index in [1.54, 1.807) is 31.6 Å². The molecule has 0 aliphatic carbocycles. The predicted octanol–water partition coefficient (Wildman–Crippen LogP) is 3.91. The van der Waals surface area contributed by atoms with Crippen molar-refractivity contribution < 1.29 is 9.53 Å². The molecule has 1 atom stereocenters. The van der Waals surface area contributed by atoms with Crippen molar-refractivity contribution in [3.8, 4) is 5.75 Å². The fraction of sp³-hybridized carbons (Fsp3) is 0.381. The van der Waals surface area contributed by atoms with Crippen LogP contribution in [-0.2, 0) is 4.79 Å². The summed E-state index contributed by atoms with van der Waals surface area (Å²) >= 11 is 6.05. The van der Waals surface area contributed by atoms with Crippen LogP contribution in [-0.4, -0.2) is 47.5 Å². The van der Waals surface area contributed by atoms with Gasteiger partial charge in [-0.05, 0) is 43.0 Å². The first-order valence-corrected chi connectivity index (χ1v) is 10.1. The van der Waals surface area contributed by atoms with Gasteiger partial charge in [-0.3, -0.25) is 4.79 Å². The SMILES string of the molecule is COc1ccc(Cl)cc1NCC(=O)C[C@@H]1CCCN(c2ncnc3[nH]ccc23)C1. The zero-order valence-electron chi connectivity index (χ0n) is 16.3. The summed E-state index contributed by atoms with van der Waals surface area (Å²) in [5, 5.41) is 4.78. The van der Waals surface area contributed by atoms with Gasteiger partial charge in [-0.25, -0.2) is 9.97 Å². The van der Waals surface area contributed by atoms with E-state index in [2.05, 4.69) is 25.2 Å². The highest BCUT2D eigenvalue weighted by Gasteiger charge is 2.24. The number of aromatic nitrogens is 3. The van der Waals surface area contributed by atoms with Crippen molar-refractivity contribution >= 4 is 39.9 Å². The number of fused-ring (bicyclic) bond motifs is 1. The topological polar surface area (TPSA) is 83.1 Å². The first kappa shape index (κ1) is 19.5. The van der Waals surface area contributed by atoms with Crippen LogP contribution >= 0.6 is 11.6 Å². The zero-order chi connectivity index (χ0) is 20.2. The van der Waals surface area contributed by atoms with E-state index in [0.29, 0.717) is 23.1 Å². The van der Waals surface area contributed by atoms with Crippen molar-refractivity contribution in [3.63, 3.8) is 0 Å². The van der Waals surface area contributed by atoms with E-state index < -0.39 is 0 Å². The molecule has 1 aliphatic heterocycles. The Morgan fingerprint density at radius 1 is 1.38 bits per heavy atom. The molecule has 2 N–H and O–H groups in total. The fourth-order valence-corrected chi connectivity index (χ4v) is 4.11. The summed E-state index contributed by atoms with van der Waals surface area (Å²) in [5.74, 6) is 2.09. The van der Waals surface area contributed by atoms with Gasteiger partial charge in [-0.15, -0.1) is 0 Å². The van der Waals surface area contributed by atoms with Crippen molar-refractivity contribution in [2.24, 2.45) is 5.92 Å². The molecular weight excluding hydrogens is 390 g/mol. The maximum atomic E-state index is 12.6. The number of Topliss-reactive ketones (excluding diaryl/α,β-unsaturated/α-hetero) is 1. The lowest BCUT2D eigenvalue weighted by Gasteiger charge is -2.33. The summed E-state index contributed by atoms with van der Waals surface area (Å²) in [7, 11) is 1.60. The number of nitrogens with zero attached hydrogens (tertiary/aromatic N) is 3. The summed E-state index contributed by atoms with van der Waals surface area (Å²) in [6.45, 7) is 2.02. The molecule has 1 aliphatic rings.